The van der Waals surface area contributed by atoms with Crippen LogP contribution in [0.4, 0.5) is 0 Å². The van der Waals surface area contributed by atoms with E-state index in [1.807, 2.05) is 7.05 Å². The minimum atomic E-state index is 0. The van der Waals surface area contributed by atoms with Gasteiger partial charge in [-0.05, 0) is 34.2 Å². The average Bonchev–Trinajstić information content (AvgIpc) is 3.02. The summed E-state index contributed by atoms with van der Waals surface area (Å²) in [6, 6.07) is 2.21. The SMILES string of the molecule is CN=C(NCC(C)c1ccsc1)N1CCSC(C(C)C)C1.I. The molecule has 126 valence electrons. The van der Waals surface area contributed by atoms with E-state index in [0.717, 1.165) is 31.5 Å². The second-order valence-corrected chi connectivity index (χ2v) is 8.11. The van der Waals surface area contributed by atoms with Gasteiger partial charge < -0.3 is 10.2 Å². The third kappa shape index (κ3) is 5.60. The average molecular weight is 453 g/mol. The molecule has 3 nitrogen and oxygen atoms in total. The summed E-state index contributed by atoms with van der Waals surface area (Å²) in [5, 5.41) is 8.66. The topological polar surface area (TPSA) is 27.6 Å². The van der Waals surface area contributed by atoms with Gasteiger partial charge in [0.15, 0.2) is 5.96 Å². The Morgan fingerprint density at radius 2 is 2.23 bits per heavy atom. The van der Waals surface area contributed by atoms with E-state index in [0.29, 0.717) is 11.2 Å². The van der Waals surface area contributed by atoms with Gasteiger partial charge >= 0.3 is 0 Å². The Balaban J connectivity index is 0.00000242. The highest BCUT2D eigenvalue weighted by Gasteiger charge is 2.25. The van der Waals surface area contributed by atoms with Crippen LogP contribution in [0.1, 0.15) is 32.3 Å². The second-order valence-electron chi connectivity index (χ2n) is 5.99. The molecule has 2 atom stereocenters. The van der Waals surface area contributed by atoms with Crippen molar-refractivity contribution in [3.8, 4) is 0 Å². The fourth-order valence-electron chi connectivity index (χ4n) is 2.52. The van der Waals surface area contributed by atoms with Crippen molar-refractivity contribution in [2.75, 3.05) is 32.4 Å². The van der Waals surface area contributed by atoms with E-state index >= 15 is 0 Å². The minimum Gasteiger partial charge on any atom is -0.356 e. The number of halogens is 1. The van der Waals surface area contributed by atoms with Crippen molar-refractivity contribution in [3.63, 3.8) is 0 Å². The summed E-state index contributed by atoms with van der Waals surface area (Å²) in [7, 11) is 1.89. The molecule has 1 saturated heterocycles. The second kappa shape index (κ2) is 10.0. The number of hydrogen-bond acceptors (Lipinski definition) is 3. The maximum Gasteiger partial charge on any atom is 0.193 e. The molecule has 0 aliphatic carbocycles. The first-order valence-electron chi connectivity index (χ1n) is 7.71. The molecule has 0 spiro atoms. The van der Waals surface area contributed by atoms with Gasteiger partial charge in [0.2, 0.25) is 0 Å². The summed E-state index contributed by atoms with van der Waals surface area (Å²) >= 11 is 3.87. The van der Waals surface area contributed by atoms with Gasteiger partial charge in [0, 0.05) is 37.7 Å². The van der Waals surface area contributed by atoms with E-state index in [4.69, 9.17) is 0 Å². The normalized spacial score (nSPS) is 20.7. The molecule has 0 bridgehead atoms. The zero-order chi connectivity index (χ0) is 15.2. The number of nitrogens with zero attached hydrogens (tertiary/aromatic N) is 2. The zero-order valence-corrected chi connectivity index (χ0v) is 17.9. The van der Waals surface area contributed by atoms with Crippen molar-refractivity contribution in [3.05, 3.63) is 22.4 Å². The van der Waals surface area contributed by atoms with Crippen LogP contribution in [0, 0.1) is 5.92 Å². The van der Waals surface area contributed by atoms with Gasteiger partial charge in [0.05, 0.1) is 0 Å². The summed E-state index contributed by atoms with van der Waals surface area (Å²) in [5.41, 5.74) is 1.41. The molecular weight excluding hydrogens is 425 g/mol. The van der Waals surface area contributed by atoms with Crippen molar-refractivity contribution in [2.45, 2.75) is 31.9 Å². The van der Waals surface area contributed by atoms with Crippen molar-refractivity contribution in [1.82, 2.24) is 10.2 Å². The monoisotopic (exact) mass is 453 g/mol. The molecule has 1 aromatic rings. The first-order valence-corrected chi connectivity index (χ1v) is 9.70. The van der Waals surface area contributed by atoms with Gasteiger partial charge in [-0.2, -0.15) is 23.1 Å². The molecule has 0 aromatic carbocycles. The zero-order valence-electron chi connectivity index (χ0n) is 13.9. The van der Waals surface area contributed by atoms with E-state index < -0.39 is 0 Å². The van der Waals surface area contributed by atoms with Gasteiger partial charge in [-0.25, -0.2) is 0 Å². The molecule has 2 heterocycles. The predicted molar refractivity (Wildman–Crippen MR) is 112 cm³/mol. The molecule has 2 unspecified atom stereocenters. The Morgan fingerprint density at radius 3 is 2.82 bits per heavy atom. The van der Waals surface area contributed by atoms with Gasteiger partial charge in [-0.15, -0.1) is 24.0 Å². The van der Waals surface area contributed by atoms with Crippen LogP contribution >= 0.6 is 47.1 Å². The van der Waals surface area contributed by atoms with Crippen molar-refractivity contribution >= 4 is 53.0 Å². The van der Waals surface area contributed by atoms with Crippen molar-refractivity contribution < 1.29 is 0 Å². The van der Waals surface area contributed by atoms with Crippen LogP contribution in [0.15, 0.2) is 21.8 Å². The number of thiophene rings is 1. The van der Waals surface area contributed by atoms with Crippen LogP contribution in [-0.4, -0.2) is 48.5 Å². The molecule has 0 saturated carbocycles. The third-order valence-electron chi connectivity index (χ3n) is 4.03. The quantitative estimate of drug-likeness (QED) is 0.422. The molecule has 1 aliphatic heterocycles. The Kier molecular flexibility index (Phi) is 9.16. The van der Waals surface area contributed by atoms with Crippen LogP contribution < -0.4 is 5.32 Å². The summed E-state index contributed by atoms with van der Waals surface area (Å²) in [6.45, 7) is 10.0. The predicted octanol–water partition coefficient (Wildman–Crippen LogP) is 4.12. The number of aliphatic imine (C=N–C) groups is 1. The highest BCUT2D eigenvalue weighted by molar-refractivity contribution is 14.0. The van der Waals surface area contributed by atoms with Crippen LogP contribution in [-0.2, 0) is 0 Å². The summed E-state index contributed by atoms with van der Waals surface area (Å²) in [5.74, 6) is 3.50. The molecule has 0 amide bonds. The minimum absolute atomic E-state index is 0. The van der Waals surface area contributed by atoms with Crippen molar-refractivity contribution in [2.24, 2.45) is 10.9 Å². The smallest absolute Gasteiger partial charge is 0.193 e. The fourth-order valence-corrected chi connectivity index (χ4v) is 4.60. The molecule has 0 radical (unpaired) electrons. The van der Waals surface area contributed by atoms with Crippen molar-refractivity contribution in [1.29, 1.82) is 0 Å². The van der Waals surface area contributed by atoms with Crippen LogP contribution in [0.2, 0.25) is 0 Å². The Hall–Kier alpha value is 0.0500. The summed E-state index contributed by atoms with van der Waals surface area (Å²) < 4.78 is 0. The lowest BCUT2D eigenvalue weighted by Gasteiger charge is -2.36. The highest BCUT2D eigenvalue weighted by Crippen LogP contribution is 2.25. The third-order valence-corrected chi connectivity index (χ3v) is 6.27. The van der Waals surface area contributed by atoms with Crippen LogP contribution in [0.25, 0.3) is 0 Å². The number of hydrogen-bond donors (Lipinski definition) is 1. The lowest BCUT2D eigenvalue weighted by atomic mass is 10.1. The lowest BCUT2D eigenvalue weighted by Crippen LogP contribution is -2.49. The molecule has 1 fully saturated rings. The molecule has 2 rings (SSSR count). The highest BCUT2D eigenvalue weighted by atomic mass is 127. The largest absolute Gasteiger partial charge is 0.356 e. The molecule has 1 aromatic heterocycles. The van der Waals surface area contributed by atoms with E-state index in [1.54, 1.807) is 11.3 Å². The van der Waals surface area contributed by atoms with E-state index in [2.05, 4.69) is 64.6 Å². The van der Waals surface area contributed by atoms with Crippen LogP contribution in [0.5, 0.6) is 0 Å². The molecule has 22 heavy (non-hydrogen) atoms. The maximum atomic E-state index is 4.48. The summed E-state index contributed by atoms with van der Waals surface area (Å²) in [4.78, 5) is 6.90. The van der Waals surface area contributed by atoms with E-state index in [-0.39, 0.29) is 24.0 Å². The number of rotatable bonds is 4. The number of nitrogens with one attached hydrogen (secondary N) is 1. The fraction of sp³-hybridized carbons (Fsp3) is 0.688. The van der Waals surface area contributed by atoms with Gasteiger partial charge in [0.25, 0.3) is 0 Å². The van der Waals surface area contributed by atoms with E-state index in [1.165, 1.54) is 11.3 Å². The van der Waals surface area contributed by atoms with E-state index in [9.17, 15) is 0 Å². The Morgan fingerprint density at radius 1 is 1.45 bits per heavy atom. The summed E-state index contributed by atoms with van der Waals surface area (Å²) in [6.07, 6.45) is 0. The number of guanidine groups is 1. The molecule has 6 heteroatoms. The number of thioether (sulfide) groups is 1. The molecule has 1 aliphatic rings. The first-order chi connectivity index (χ1) is 10.1. The Labute approximate surface area is 160 Å². The van der Waals surface area contributed by atoms with Gasteiger partial charge in [-0.3, -0.25) is 4.99 Å². The first kappa shape index (κ1) is 20.1. The van der Waals surface area contributed by atoms with Gasteiger partial charge in [-0.1, -0.05) is 20.8 Å². The van der Waals surface area contributed by atoms with Gasteiger partial charge in [0.1, 0.15) is 0 Å². The Bertz CT molecular complexity index is 448. The maximum absolute atomic E-state index is 4.48. The standard InChI is InChI=1S/C16H27N3S2.HI/c1-12(2)15-10-19(6-8-21-15)16(17-4)18-9-13(3)14-5-7-20-11-14;/h5,7,11-13,15H,6,8-10H2,1-4H3,(H,17,18);1H. The molecule has 1 N–H and O–H groups in total. The lowest BCUT2D eigenvalue weighted by molar-refractivity contribution is 0.380. The molecular formula is C16H28IN3S2. The van der Waals surface area contributed by atoms with Crippen LogP contribution in [0.3, 0.4) is 0 Å².